The average molecular weight is 230 g/mol. The van der Waals surface area contributed by atoms with E-state index in [2.05, 4.69) is 34.6 Å². The van der Waals surface area contributed by atoms with Gasteiger partial charge < -0.3 is 0 Å². The molecule has 1 heteroatoms. The molecule has 0 spiro atoms. The van der Waals surface area contributed by atoms with Crippen LogP contribution in [0.2, 0.25) is 0 Å². The van der Waals surface area contributed by atoms with Gasteiger partial charge in [0.25, 0.3) is 0 Å². The van der Waals surface area contributed by atoms with Crippen LogP contribution >= 0.6 is 0 Å². The molecule has 0 heterocycles. The van der Waals surface area contributed by atoms with Gasteiger partial charge in [0.05, 0.1) is 6.17 Å². The normalized spacial score (nSPS) is 18.2. The number of hydrogen-bond acceptors (Lipinski definition) is 0. The van der Waals surface area contributed by atoms with Crippen molar-refractivity contribution >= 4 is 0 Å². The van der Waals surface area contributed by atoms with Crippen LogP contribution in [0.25, 0.3) is 0 Å². The lowest BCUT2D eigenvalue weighted by Gasteiger charge is -2.33. The maximum absolute atomic E-state index is 13.2. The van der Waals surface area contributed by atoms with Gasteiger partial charge in [-0.25, -0.2) is 4.39 Å². The molecule has 0 amide bonds. The van der Waals surface area contributed by atoms with E-state index in [1.807, 2.05) is 0 Å². The van der Waals surface area contributed by atoms with E-state index in [9.17, 15) is 4.39 Å². The van der Waals surface area contributed by atoms with Crippen LogP contribution in [-0.2, 0) is 0 Å². The zero-order valence-corrected chi connectivity index (χ0v) is 12.1. The van der Waals surface area contributed by atoms with Crippen LogP contribution in [0.1, 0.15) is 73.6 Å². The molecule has 0 radical (unpaired) electrons. The second-order valence-corrected chi connectivity index (χ2v) is 6.28. The minimum absolute atomic E-state index is 0.373. The van der Waals surface area contributed by atoms with E-state index >= 15 is 0 Å². The third-order valence-electron chi connectivity index (χ3n) is 3.82. The first-order chi connectivity index (χ1) is 7.32. The molecule has 0 aliphatic rings. The molecule has 0 aliphatic heterocycles. The van der Waals surface area contributed by atoms with Gasteiger partial charge in [0.15, 0.2) is 0 Å². The lowest BCUT2D eigenvalue weighted by atomic mass is 9.73. The van der Waals surface area contributed by atoms with Crippen molar-refractivity contribution < 1.29 is 4.39 Å². The first kappa shape index (κ1) is 15.9. The van der Waals surface area contributed by atoms with Crippen molar-refractivity contribution in [3.8, 4) is 0 Å². The van der Waals surface area contributed by atoms with Crippen molar-refractivity contribution in [2.45, 2.75) is 79.8 Å². The second-order valence-electron chi connectivity index (χ2n) is 6.28. The lowest BCUT2D eigenvalue weighted by Crippen LogP contribution is -2.23. The van der Waals surface area contributed by atoms with Gasteiger partial charge in [-0.1, -0.05) is 47.5 Å². The molecule has 3 atom stereocenters. The molecule has 0 aromatic carbocycles. The molecular formula is C15H31F. The number of halogens is 1. The average Bonchev–Trinajstić information content (AvgIpc) is 2.14. The SMILES string of the molecule is CCCC(C)(C)CC(CC(C)F)C(C)CC. The van der Waals surface area contributed by atoms with Gasteiger partial charge in [-0.2, -0.15) is 0 Å². The topological polar surface area (TPSA) is 0 Å². The fourth-order valence-electron chi connectivity index (χ4n) is 2.76. The Morgan fingerprint density at radius 3 is 2.06 bits per heavy atom. The predicted octanol–water partition coefficient (Wildman–Crippen LogP) is 5.61. The first-order valence-corrected chi connectivity index (χ1v) is 6.96. The van der Waals surface area contributed by atoms with Gasteiger partial charge in [-0.3, -0.25) is 0 Å². The summed E-state index contributed by atoms with van der Waals surface area (Å²) in [6, 6.07) is 0. The van der Waals surface area contributed by atoms with Gasteiger partial charge in [0.1, 0.15) is 0 Å². The molecule has 0 bridgehead atoms. The lowest BCUT2D eigenvalue weighted by molar-refractivity contribution is 0.158. The Labute approximate surface area is 102 Å². The van der Waals surface area contributed by atoms with E-state index in [1.54, 1.807) is 6.92 Å². The maximum atomic E-state index is 13.2. The zero-order valence-electron chi connectivity index (χ0n) is 12.1. The summed E-state index contributed by atoms with van der Waals surface area (Å²) in [7, 11) is 0. The van der Waals surface area contributed by atoms with Crippen LogP contribution < -0.4 is 0 Å². The van der Waals surface area contributed by atoms with Crippen LogP contribution in [0.15, 0.2) is 0 Å². The molecule has 0 aromatic rings. The molecule has 3 unspecified atom stereocenters. The summed E-state index contributed by atoms with van der Waals surface area (Å²) >= 11 is 0. The molecule has 0 aliphatic carbocycles. The van der Waals surface area contributed by atoms with Gasteiger partial charge >= 0.3 is 0 Å². The monoisotopic (exact) mass is 230 g/mol. The molecular weight excluding hydrogens is 199 g/mol. The highest BCUT2D eigenvalue weighted by Crippen LogP contribution is 2.36. The second kappa shape index (κ2) is 7.29. The van der Waals surface area contributed by atoms with Crippen molar-refractivity contribution in [3.63, 3.8) is 0 Å². The third kappa shape index (κ3) is 6.50. The highest BCUT2D eigenvalue weighted by atomic mass is 19.1. The zero-order chi connectivity index (χ0) is 12.8. The van der Waals surface area contributed by atoms with E-state index in [-0.39, 0.29) is 0 Å². The summed E-state index contributed by atoms with van der Waals surface area (Å²) in [6.45, 7) is 13.1. The molecule has 0 nitrogen and oxygen atoms in total. The molecule has 0 rings (SSSR count). The summed E-state index contributed by atoms with van der Waals surface area (Å²) in [4.78, 5) is 0. The van der Waals surface area contributed by atoms with Crippen LogP contribution in [0.4, 0.5) is 4.39 Å². The van der Waals surface area contributed by atoms with Crippen molar-refractivity contribution in [2.75, 3.05) is 0 Å². The fraction of sp³-hybridized carbons (Fsp3) is 1.00. The van der Waals surface area contributed by atoms with Crippen LogP contribution in [0.3, 0.4) is 0 Å². The quantitative estimate of drug-likeness (QED) is 0.508. The predicted molar refractivity (Wildman–Crippen MR) is 71.4 cm³/mol. The molecule has 0 fully saturated rings. The van der Waals surface area contributed by atoms with Crippen LogP contribution in [0, 0.1) is 17.3 Å². The van der Waals surface area contributed by atoms with Crippen molar-refractivity contribution in [1.29, 1.82) is 0 Å². The van der Waals surface area contributed by atoms with Crippen molar-refractivity contribution in [2.24, 2.45) is 17.3 Å². The summed E-state index contributed by atoms with van der Waals surface area (Å²) in [5.74, 6) is 1.20. The Balaban J connectivity index is 4.40. The molecule has 0 aromatic heterocycles. The summed E-state index contributed by atoms with van der Waals surface area (Å²) in [6.07, 6.45) is 4.90. The maximum Gasteiger partial charge on any atom is 0.0976 e. The Morgan fingerprint density at radius 2 is 1.69 bits per heavy atom. The highest BCUT2D eigenvalue weighted by Gasteiger charge is 2.26. The largest absolute Gasteiger partial charge is 0.248 e. The van der Waals surface area contributed by atoms with Crippen molar-refractivity contribution in [1.82, 2.24) is 0 Å². The van der Waals surface area contributed by atoms with Crippen molar-refractivity contribution in [3.05, 3.63) is 0 Å². The van der Waals surface area contributed by atoms with Crippen LogP contribution in [-0.4, -0.2) is 6.17 Å². The van der Waals surface area contributed by atoms with Gasteiger partial charge in [0, 0.05) is 0 Å². The Morgan fingerprint density at radius 1 is 1.12 bits per heavy atom. The van der Waals surface area contributed by atoms with Gasteiger partial charge in [0.2, 0.25) is 0 Å². The van der Waals surface area contributed by atoms with Crippen LogP contribution in [0.5, 0.6) is 0 Å². The Bertz CT molecular complexity index is 172. The Kier molecular flexibility index (Phi) is 7.26. The first-order valence-electron chi connectivity index (χ1n) is 6.96. The minimum atomic E-state index is -0.656. The van der Waals surface area contributed by atoms with E-state index in [4.69, 9.17) is 0 Å². The van der Waals surface area contributed by atoms with Gasteiger partial charge in [-0.05, 0) is 43.4 Å². The summed E-state index contributed by atoms with van der Waals surface area (Å²) < 4.78 is 13.2. The van der Waals surface area contributed by atoms with Gasteiger partial charge in [-0.15, -0.1) is 0 Å². The standard InChI is InChI=1S/C15H31F/c1-7-9-15(5,6)11-14(10-13(4)16)12(3)8-2/h12-14H,7-11H2,1-6H3. The molecule has 0 saturated heterocycles. The highest BCUT2D eigenvalue weighted by molar-refractivity contribution is 4.77. The number of rotatable bonds is 8. The van der Waals surface area contributed by atoms with E-state index in [1.165, 1.54) is 25.7 Å². The summed E-state index contributed by atoms with van der Waals surface area (Å²) in [5, 5.41) is 0. The smallest absolute Gasteiger partial charge is 0.0976 e. The number of alkyl halides is 1. The molecule has 16 heavy (non-hydrogen) atoms. The molecule has 0 saturated carbocycles. The summed E-state index contributed by atoms with van der Waals surface area (Å²) in [5.41, 5.74) is 0.373. The number of hydrogen-bond donors (Lipinski definition) is 0. The van der Waals surface area contributed by atoms with E-state index in [0.717, 1.165) is 6.42 Å². The fourth-order valence-corrected chi connectivity index (χ4v) is 2.76. The third-order valence-corrected chi connectivity index (χ3v) is 3.82. The Hall–Kier alpha value is -0.0700. The molecule has 0 N–H and O–H groups in total. The van der Waals surface area contributed by atoms with E-state index in [0.29, 0.717) is 17.3 Å². The minimum Gasteiger partial charge on any atom is -0.248 e. The van der Waals surface area contributed by atoms with E-state index < -0.39 is 6.17 Å². The molecule has 98 valence electrons.